The molecule has 5 heteroatoms. The summed E-state index contributed by atoms with van der Waals surface area (Å²) in [5.41, 5.74) is 0.0788. The quantitative estimate of drug-likeness (QED) is 0.392. The summed E-state index contributed by atoms with van der Waals surface area (Å²) in [6.07, 6.45) is 5.05. The van der Waals surface area contributed by atoms with Gasteiger partial charge in [0.1, 0.15) is 0 Å². The second-order valence-corrected chi connectivity index (χ2v) is 3.01. The molecule has 12 heavy (non-hydrogen) atoms. The summed E-state index contributed by atoms with van der Waals surface area (Å²) in [5, 5.41) is 29.3. The molecule has 0 aromatic carbocycles. The molecule has 1 rings (SSSR count). The van der Waals surface area contributed by atoms with Crippen molar-refractivity contribution in [1.29, 1.82) is 0 Å². The molecule has 0 atom stereocenters. The Morgan fingerprint density at radius 1 is 1.42 bits per heavy atom. The van der Waals surface area contributed by atoms with Gasteiger partial charge in [0.05, 0.1) is 11.8 Å². The number of nitrogens with zero attached hydrogens (tertiary/aromatic N) is 1. The van der Waals surface area contributed by atoms with Crippen molar-refractivity contribution in [3.63, 3.8) is 0 Å². The number of hydrogen-bond donors (Lipinski definition) is 1. The predicted molar refractivity (Wildman–Crippen MR) is 48.9 cm³/mol. The number of hydrogen-bond acceptors (Lipinski definition) is 3. The summed E-state index contributed by atoms with van der Waals surface area (Å²) in [6, 6.07) is 0. The van der Waals surface area contributed by atoms with Crippen LogP contribution in [0, 0.1) is 10.4 Å². The zero-order valence-electron chi connectivity index (χ0n) is 5.90. The lowest BCUT2D eigenvalue weighted by Gasteiger charge is -2.10. The number of allylic oxidation sites excluding steroid dienone is 5. The summed E-state index contributed by atoms with van der Waals surface area (Å²) < 4.78 is 0.688. The molecule has 0 saturated carbocycles. The molecule has 0 aromatic rings. The van der Waals surface area contributed by atoms with Gasteiger partial charge < -0.3 is 15.5 Å². The third-order valence-electron chi connectivity index (χ3n) is 1.33. The van der Waals surface area contributed by atoms with Gasteiger partial charge in [-0.2, -0.15) is 4.90 Å². The third kappa shape index (κ3) is 1.68. The van der Waals surface area contributed by atoms with Crippen molar-refractivity contribution < 1.29 is 10.0 Å². The van der Waals surface area contributed by atoms with E-state index in [0.717, 1.165) is 0 Å². The normalized spacial score (nSPS) is 19.6. The summed E-state index contributed by atoms with van der Waals surface area (Å²) in [7, 11) is 0. The maximum Gasteiger partial charge on any atom is 0.233 e. The summed E-state index contributed by atoms with van der Waals surface area (Å²) >= 11 is 3.13. The Hall–Kier alpha value is -1.23. The highest BCUT2D eigenvalue weighted by Crippen LogP contribution is 2.17. The molecule has 4 nitrogen and oxygen atoms in total. The summed E-state index contributed by atoms with van der Waals surface area (Å²) in [4.78, 5) is -0.547. The van der Waals surface area contributed by atoms with E-state index >= 15 is 0 Å². The Morgan fingerprint density at radius 2 is 2.08 bits per heavy atom. The summed E-state index contributed by atoms with van der Waals surface area (Å²) in [6.45, 7) is 0. The van der Waals surface area contributed by atoms with Crippen LogP contribution in [0.2, 0.25) is 0 Å². The van der Waals surface area contributed by atoms with E-state index in [0.29, 0.717) is 10.7 Å². The maximum absolute atomic E-state index is 10.4. The monoisotopic (exact) mass is 230 g/mol. The van der Waals surface area contributed by atoms with Gasteiger partial charge in [-0.15, -0.1) is 0 Å². The van der Waals surface area contributed by atoms with Crippen LogP contribution in [0.25, 0.3) is 0 Å². The van der Waals surface area contributed by atoms with E-state index in [1.165, 1.54) is 12.2 Å². The van der Waals surface area contributed by atoms with Crippen LogP contribution in [0.3, 0.4) is 0 Å². The molecule has 0 radical (unpaired) electrons. The highest BCUT2D eigenvalue weighted by atomic mass is 79.9. The lowest BCUT2D eigenvalue weighted by molar-refractivity contribution is -0.377. The van der Waals surface area contributed by atoms with Gasteiger partial charge in [-0.1, -0.05) is 15.9 Å². The Kier molecular flexibility index (Phi) is 2.54. The van der Waals surface area contributed by atoms with Crippen LogP contribution < -0.4 is 0 Å². The van der Waals surface area contributed by atoms with Gasteiger partial charge in [0.2, 0.25) is 5.71 Å². The number of aliphatic hydroxyl groups excluding tert-OH is 1. The highest BCUT2D eigenvalue weighted by molar-refractivity contribution is 9.11. The van der Waals surface area contributed by atoms with E-state index in [2.05, 4.69) is 15.9 Å². The van der Waals surface area contributed by atoms with Crippen LogP contribution in [-0.4, -0.2) is 15.7 Å². The minimum atomic E-state index is -0.547. The first kappa shape index (κ1) is 8.86. The molecular weight excluding hydrogens is 226 g/mol. The molecule has 0 heterocycles. The van der Waals surface area contributed by atoms with Crippen LogP contribution >= 0.6 is 15.9 Å². The molecule has 0 saturated heterocycles. The third-order valence-corrected chi connectivity index (χ3v) is 1.82. The van der Waals surface area contributed by atoms with Gasteiger partial charge in [0, 0.05) is 10.6 Å². The molecule has 0 fully saturated rings. The van der Waals surface area contributed by atoms with Crippen LogP contribution in [-0.2, 0) is 0 Å². The van der Waals surface area contributed by atoms with Gasteiger partial charge in [0.15, 0.2) is 0 Å². The molecule has 1 aliphatic rings. The SMILES string of the molecule is [O-][N+]([O-])=C1C=CC(Br)=CC1=CO. The van der Waals surface area contributed by atoms with Crippen molar-refractivity contribution in [2.45, 2.75) is 0 Å². The predicted octanol–water partition coefficient (Wildman–Crippen LogP) is 1.73. The average molecular weight is 231 g/mol. The maximum atomic E-state index is 10.4. The van der Waals surface area contributed by atoms with Crippen molar-refractivity contribution in [3.05, 3.63) is 45.0 Å². The minimum absolute atomic E-state index is 0.110. The van der Waals surface area contributed by atoms with E-state index in [4.69, 9.17) is 5.11 Å². The van der Waals surface area contributed by atoms with E-state index < -0.39 is 4.90 Å². The molecule has 0 unspecified atom stereocenters. The summed E-state index contributed by atoms with van der Waals surface area (Å²) in [5.74, 6) is 0. The molecule has 1 N–H and O–H groups in total. The second-order valence-electron chi connectivity index (χ2n) is 2.09. The van der Waals surface area contributed by atoms with Gasteiger partial charge in [-0.25, -0.2) is 0 Å². The first-order chi connectivity index (χ1) is 5.65. The minimum Gasteiger partial charge on any atom is -0.612 e. The van der Waals surface area contributed by atoms with Gasteiger partial charge in [-0.05, 0) is 12.2 Å². The zero-order valence-corrected chi connectivity index (χ0v) is 7.48. The molecule has 0 aromatic heterocycles. The Morgan fingerprint density at radius 3 is 2.58 bits per heavy atom. The molecule has 64 valence electrons. The van der Waals surface area contributed by atoms with E-state index in [1.807, 2.05) is 0 Å². The van der Waals surface area contributed by atoms with Crippen molar-refractivity contribution >= 4 is 21.6 Å². The van der Waals surface area contributed by atoms with E-state index in [9.17, 15) is 10.4 Å². The molecule has 0 amide bonds. The first-order valence-electron chi connectivity index (χ1n) is 3.06. The number of halogens is 1. The standard InChI is InChI=1S/C7H5BrNO3/c8-6-1-2-7(9(11)12)5(3-6)4-10/h1-4H,(H-,10,11,12)/q-1. The molecule has 0 spiro atoms. The van der Waals surface area contributed by atoms with Gasteiger partial charge in [0.25, 0.3) is 0 Å². The smallest absolute Gasteiger partial charge is 0.233 e. The molecule has 1 aliphatic carbocycles. The van der Waals surface area contributed by atoms with Crippen LogP contribution in [0.4, 0.5) is 0 Å². The second kappa shape index (κ2) is 3.44. The average Bonchev–Trinajstić information content (AvgIpc) is 2.03. The van der Waals surface area contributed by atoms with E-state index in [1.54, 1.807) is 6.08 Å². The number of rotatable bonds is 0. The van der Waals surface area contributed by atoms with Crippen molar-refractivity contribution in [2.75, 3.05) is 0 Å². The highest BCUT2D eigenvalue weighted by Gasteiger charge is 2.12. The molecular formula is C7H5BrNO3-. The topological polar surface area (TPSA) is 69.4 Å². The van der Waals surface area contributed by atoms with Crippen molar-refractivity contribution in [3.8, 4) is 0 Å². The lowest BCUT2D eigenvalue weighted by atomic mass is 10.1. The van der Waals surface area contributed by atoms with Crippen molar-refractivity contribution in [1.82, 2.24) is 0 Å². The van der Waals surface area contributed by atoms with Crippen LogP contribution in [0.15, 0.2) is 34.5 Å². The van der Waals surface area contributed by atoms with Crippen LogP contribution in [0.5, 0.6) is 0 Å². The fraction of sp³-hybridized carbons (Fsp3) is 0. The fourth-order valence-electron chi connectivity index (χ4n) is 0.795. The van der Waals surface area contributed by atoms with E-state index in [-0.39, 0.29) is 11.3 Å². The number of aliphatic hydroxyl groups is 1. The largest absolute Gasteiger partial charge is 0.612 e. The van der Waals surface area contributed by atoms with Crippen LogP contribution in [0.1, 0.15) is 0 Å². The lowest BCUT2D eigenvalue weighted by Crippen LogP contribution is -2.11. The van der Waals surface area contributed by atoms with Gasteiger partial charge in [-0.3, -0.25) is 0 Å². The Bertz CT molecular complexity index is 311. The zero-order chi connectivity index (χ0) is 9.14. The molecule has 0 aliphatic heterocycles. The van der Waals surface area contributed by atoms with Gasteiger partial charge >= 0.3 is 0 Å². The fourth-order valence-corrected chi connectivity index (χ4v) is 1.17. The van der Waals surface area contributed by atoms with Crippen molar-refractivity contribution in [2.24, 2.45) is 0 Å². The Labute approximate surface area is 77.1 Å². The Balaban J connectivity index is 3.14. The molecule has 0 bridgehead atoms. The first-order valence-corrected chi connectivity index (χ1v) is 3.86.